The summed E-state index contributed by atoms with van der Waals surface area (Å²) in [6.07, 6.45) is 4.87. The Morgan fingerprint density at radius 3 is 2.60 bits per heavy atom. The van der Waals surface area contributed by atoms with Crippen LogP contribution in [-0.2, 0) is 14.3 Å². The van der Waals surface area contributed by atoms with Crippen LogP contribution in [0.1, 0.15) is 24.1 Å². The molecule has 2 heterocycles. The number of methoxy groups -OCH3 is 1. The fourth-order valence-electron chi connectivity index (χ4n) is 4.04. The van der Waals surface area contributed by atoms with Crippen molar-refractivity contribution in [1.29, 1.82) is 0 Å². The second-order valence-electron chi connectivity index (χ2n) is 8.48. The Kier molecular flexibility index (Phi) is 7.94. The predicted octanol–water partition coefficient (Wildman–Crippen LogP) is 3.97. The third-order valence-corrected chi connectivity index (χ3v) is 6.11. The highest BCUT2D eigenvalue weighted by Gasteiger charge is 2.23. The molecule has 2 amide bonds. The van der Waals surface area contributed by atoms with Crippen molar-refractivity contribution in [2.75, 3.05) is 37.0 Å². The molecule has 9 heteroatoms. The number of hydrogen-bond acceptors (Lipinski definition) is 6. The van der Waals surface area contributed by atoms with E-state index in [0.29, 0.717) is 16.7 Å². The second-order valence-corrected chi connectivity index (χ2v) is 8.91. The molecule has 1 aliphatic rings. The summed E-state index contributed by atoms with van der Waals surface area (Å²) in [5.41, 5.74) is 3.22. The first-order chi connectivity index (χ1) is 16.9. The summed E-state index contributed by atoms with van der Waals surface area (Å²) < 4.78 is 4.88. The van der Waals surface area contributed by atoms with Crippen LogP contribution in [0.2, 0.25) is 5.02 Å². The topological polar surface area (TPSA) is 96.5 Å². The van der Waals surface area contributed by atoms with Crippen LogP contribution in [-0.4, -0.2) is 54.6 Å². The van der Waals surface area contributed by atoms with Crippen molar-refractivity contribution in [3.8, 4) is 0 Å². The lowest BCUT2D eigenvalue weighted by atomic mass is 10.1. The summed E-state index contributed by atoms with van der Waals surface area (Å²) in [5, 5.41) is 7.42. The molecule has 182 valence electrons. The van der Waals surface area contributed by atoms with Gasteiger partial charge in [-0.1, -0.05) is 23.7 Å². The van der Waals surface area contributed by atoms with Gasteiger partial charge in [-0.2, -0.15) is 0 Å². The van der Waals surface area contributed by atoms with Crippen LogP contribution < -0.4 is 15.5 Å². The summed E-state index contributed by atoms with van der Waals surface area (Å²) in [4.78, 5) is 35.7. The first kappa shape index (κ1) is 24.6. The molecule has 2 N–H and O–H groups in total. The maximum absolute atomic E-state index is 12.4. The zero-order chi connectivity index (χ0) is 24.8. The van der Waals surface area contributed by atoms with Gasteiger partial charge in [0.15, 0.2) is 0 Å². The first-order valence-electron chi connectivity index (χ1n) is 11.5. The third-order valence-electron chi connectivity index (χ3n) is 5.86. The molecule has 1 aromatic heterocycles. The molecule has 1 fully saturated rings. The number of anilines is 2. The number of piperidine rings is 1. The fraction of sp³-hybridized carbons (Fsp3) is 0.308. The predicted molar refractivity (Wildman–Crippen MR) is 139 cm³/mol. The van der Waals surface area contributed by atoms with Gasteiger partial charge in [0, 0.05) is 48.4 Å². The minimum absolute atomic E-state index is 0.0777. The molecule has 0 radical (unpaired) electrons. The molecule has 0 saturated carbocycles. The molecule has 4 rings (SSSR count). The molecule has 0 spiro atoms. The SMILES string of the molecule is COCC(=O)NC1CCN(c2nc(C)c3cc(NC(=O)/C=C/c4ccc(Cl)cc4)ccc3n2)CC1. The van der Waals surface area contributed by atoms with E-state index in [2.05, 4.69) is 15.5 Å². The summed E-state index contributed by atoms with van der Waals surface area (Å²) in [5.74, 6) is 0.362. The zero-order valence-electron chi connectivity index (χ0n) is 19.8. The first-order valence-corrected chi connectivity index (χ1v) is 11.9. The molecule has 35 heavy (non-hydrogen) atoms. The number of nitrogens with zero attached hydrogens (tertiary/aromatic N) is 3. The lowest BCUT2D eigenvalue weighted by molar-refractivity contribution is -0.125. The van der Waals surface area contributed by atoms with Gasteiger partial charge in [0.1, 0.15) is 6.61 Å². The number of carbonyl (C=O) groups excluding carboxylic acids is 2. The van der Waals surface area contributed by atoms with Gasteiger partial charge in [-0.05, 0) is 61.7 Å². The van der Waals surface area contributed by atoms with Crippen molar-refractivity contribution in [1.82, 2.24) is 15.3 Å². The summed E-state index contributed by atoms with van der Waals surface area (Å²) >= 11 is 5.89. The van der Waals surface area contributed by atoms with Gasteiger partial charge in [-0.25, -0.2) is 9.97 Å². The number of carbonyl (C=O) groups is 2. The number of fused-ring (bicyclic) bond motifs is 1. The number of benzene rings is 2. The Labute approximate surface area is 209 Å². The van der Waals surface area contributed by atoms with E-state index in [1.54, 1.807) is 18.2 Å². The lowest BCUT2D eigenvalue weighted by Gasteiger charge is -2.32. The molecule has 0 bridgehead atoms. The molecular formula is C26H28ClN5O3. The van der Waals surface area contributed by atoms with E-state index in [4.69, 9.17) is 26.3 Å². The Hall–Kier alpha value is -3.49. The van der Waals surface area contributed by atoms with E-state index in [-0.39, 0.29) is 24.5 Å². The van der Waals surface area contributed by atoms with E-state index < -0.39 is 0 Å². The second kappa shape index (κ2) is 11.3. The number of nitrogens with one attached hydrogen (secondary N) is 2. The van der Waals surface area contributed by atoms with Gasteiger partial charge in [-0.15, -0.1) is 0 Å². The molecule has 1 aliphatic heterocycles. The van der Waals surface area contributed by atoms with Gasteiger partial charge in [0.2, 0.25) is 17.8 Å². The van der Waals surface area contributed by atoms with Crippen molar-refractivity contribution >= 4 is 52.0 Å². The van der Waals surface area contributed by atoms with E-state index in [9.17, 15) is 9.59 Å². The van der Waals surface area contributed by atoms with E-state index in [1.165, 1.54) is 13.2 Å². The zero-order valence-corrected chi connectivity index (χ0v) is 20.5. The average molecular weight is 494 g/mol. The Bertz CT molecular complexity index is 1240. The Balaban J connectivity index is 1.40. The maximum Gasteiger partial charge on any atom is 0.248 e. The number of aromatic nitrogens is 2. The molecular weight excluding hydrogens is 466 g/mol. The van der Waals surface area contributed by atoms with Crippen molar-refractivity contribution in [2.24, 2.45) is 0 Å². The summed E-state index contributed by atoms with van der Waals surface area (Å²) in [7, 11) is 1.51. The van der Waals surface area contributed by atoms with Gasteiger partial charge in [-0.3, -0.25) is 9.59 Å². The van der Waals surface area contributed by atoms with Crippen LogP contribution in [0.5, 0.6) is 0 Å². The minimum atomic E-state index is -0.227. The van der Waals surface area contributed by atoms with E-state index >= 15 is 0 Å². The Morgan fingerprint density at radius 1 is 1.14 bits per heavy atom. The highest BCUT2D eigenvalue weighted by Crippen LogP contribution is 2.24. The minimum Gasteiger partial charge on any atom is -0.375 e. The number of amides is 2. The summed E-state index contributed by atoms with van der Waals surface area (Å²) in [6.45, 7) is 3.54. The fourth-order valence-corrected chi connectivity index (χ4v) is 4.17. The van der Waals surface area contributed by atoms with Crippen LogP contribution >= 0.6 is 11.6 Å². The smallest absolute Gasteiger partial charge is 0.248 e. The normalized spacial score (nSPS) is 14.4. The van der Waals surface area contributed by atoms with Gasteiger partial charge in [0.05, 0.1) is 11.2 Å². The molecule has 3 aromatic rings. The molecule has 1 saturated heterocycles. The number of halogens is 1. The van der Waals surface area contributed by atoms with Crippen LogP contribution in [0.15, 0.2) is 48.5 Å². The van der Waals surface area contributed by atoms with Gasteiger partial charge >= 0.3 is 0 Å². The van der Waals surface area contributed by atoms with Crippen LogP contribution in [0.4, 0.5) is 11.6 Å². The van der Waals surface area contributed by atoms with E-state index in [1.807, 2.05) is 37.3 Å². The highest BCUT2D eigenvalue weighted by atomic mass is 35.5. The van der Waals surface area contributed by atoms with E-state index in [0.717, 1.165) is 48.1 Å². The van der Waals surface area contributed by atoms with Crippen LogP contribution in [0.3, 0.4) is 0 Å². The number of ether oxygens (including phenoxy) is 1. The van der Waals surface area contributed by atoms with Crippen LogP contribution in [0.25, 0.3) is 17.0 Å². The molecule has 0 atom stereocenters. The number of aryl methyl sites for hydroxylation is 1. The van der Waals surface area contributed by atoms with Gasteiger partial charge in [0.25, 0.3) is 0 Å². The van der Waals surface area contributed by atoms with Crippen molar-refractivity contribution in [3.63, 3.8) is 0 Å². The molecule has 2 aromatic carbocycles. The monoisotopic (exact) mass is 493 g/mol. The van der Waals surface area contributed by atoms with Crippen LogP contribution in [0, 0.1) is 6.92 Å². The quantitative estimate of drug-likeness (QED) is 0.483. The molecule has 0 unspecified atom stereocenters. The maximum atomic E-state index is 12.4. The van der Waals surface area contributed by atoms with Crippen molar-refractivity contribution in [3.05, 3.63) is 64.8 Å². The third kappa shape index (κ3) is 6.55. The molecule has 0 aliphatic carbocycles. The lowest BCUT2D eigenvalue weighted by Crippen LogP contribution is -2.46. The van der Waals surface area contributed by atoms with Gasteiger partial charge < -0.3 is 20.3 Å². The Morgan fingerprint density at radius 2 is 1.89 bits per heavy atom. The largest absolute Gasteiger partial charge is 0.375 e. The molecule has 8 nitrogen and oxygen atoms in total. The van der Waals surface area contributed by atoms with Crippen molar-refractivity contribution in [2.45, 2.75) is 25.8 Å². The number of rotatable bonds is 7. The standard InChI is InChI=1S/C26H28ClN5O3/c1-17-22-15-21(30-24(33)10-5-18-3-6-19(27)7-4-18)8-9-23(22)31-26(28-17)32-13-11-20(12-14-32)29-25(34)16-35-2/h3-10,15,20H,11-14,16H2,1-2H3,(H,29,34)(H,30,33)/b10-5+. The average Bonchev–Trinajstić information content (AvgIpc) is 2.84. The number of hydrogen-bond donors (Lipinski definition) is 2. The summed E-state index contributed by atoms with van der Waals surface area (Å²) in [6, 6.07) is 13.0. The van der Waals surface area contributed by atoms with Crippen molar-refractivity contribution < 1.29 is 14.3 Å². The highest BCUT2D eigenvalue weighted by molar-refractivity contribution is 6.30.